The van der Waals surface area contributed by atoms with Crippen LogP contribution >= 0.6 is 0 Å². The Bertz CT molecular complexity index is 199. The average Bonchev–Trinajstić information content (AvgIpc) is 2.09. The molecule has 0 radical (unpaired) electrons. The molecular weight excluding hydrogens is 172 g/mol. The molecule has 0 aliphatic carbocycles. The van der Waals surface area contributed by atoms with Gasteiger partial charge < -0.3 is 15.7 Å². The van der Waals surface area contributed by atoms with E-state index in [-0.39, 0.29) is 0 Å². The molecule has 0 saturated heterocycles. The van der Waals surface area contributed by atoms with Crippen LogP contribution in [0.1, 0.15) is 20.6 Å². The van der Waals surface area contributed by atoms with E-state index in [1.165, 1.54) is 0 Å². The number of nitrogens with one attached hydrogen (secondary N) is 2. The quantitative estimate of drug-likeness (QED) is 0.376. The average molecular weight is 190 g/mol. The van der Waals surface area contributed by atoms with Gasteiger partial charge >= 0.3 is 5.97 Å². The van der Waals surface area contributed by atoms with E-state index in [9.17, 15) is 9.59 Å². The molecule has 0 aliphatic rings. The molecule has 3 N–H and O–H groups in total. The second-order valence-electron chi connectivity index (χ2n) is 2.74. The van der Waals surface area contributed by atoms with E-state index >= 15 is 0 Å². The van der Waals surface area contributed by atoms with Crippen LogP contribution in [0.5, 0.6) is 0 Å². The van der Waals surface area contributed by atoms with Crippen molar-refractivity contribution in [2.45, 2.75) is 25.3 Å². The van der Waals surface area contributed by atoms with E-state index in [0.29, 0.717) is 12.8 Å². The maximum atomic E-state index is 10.6. The van der Waals surface area contributed by atoms with Gasteiger partial charge in [0.2, 0.25) is 6.39 Å². The Kier molecular flexibility index (Phi) is 5.79. The molecule has 1 atom stereocenters. The van der Waals surface area contributed by atoms with Crippen LogP contribution in [0.25, 0.3) is 0 Å². The van der Waals surface area contributed by atoms with Gasteiger partial charge in [-0.15, -0.1) is 0 Å². The summed E-state index contributed by atoms with van der Waals surface area (Å²) in [4.78, 5) is 20.9. The summed E-state index contributed by atoms with van der Waals surface area (Å²) in [5.41, 5.74) is 0. The van der Waals surface area contributed by atoms with Crippen LogP contribution in [0.2, 0.25) is 0 Å². The molecule has 5 heteroatoms. The van der Waals surface area contributed by atoms with Crippen molar-refractivity contribution in [3.05, 3.63) is 0 Å². The van der Waals surface area contributed by atoms with Crippen molar-refractivity contribution in [1.29, 1.82) is 0 Å². The molecule has 0 aliphatic heterocycles. The predicted octanol–water partition coefficient (Wildman–Crippen LogP) is -0.425. The monoisotopic (exact) mass is 190 g/mol. The highest BCUT2D eigenvalue weighted by atomic mass is 16.4. The van der Waals surface area contributed by atoms with Crippen LogP contribution in [-0.4, -0.2) is 37.1 Å². The number of unbranched alkanes of at least 4 members (excludes halogenated alkanes) is 1. The van der Waals surface area contributed by atoms with Crippen molar-refractivity contribution >= 4 is 12.4 Å². The van der Waals surface area contributed by atoms with Crippen LogP contribution in [0, 0.1) is 0 Å². The molecule has 0 spiro atoms. The first-order valence-electron chi connectivity index (χ1n) is 4.72. The van der Waals surface area contributed by atoms with Crippen molar-refractivity contribution in [3.8, 4) is 0 Å². The summed E-state index contributed by atoms with van der Waals surface area (Å²) in [7, 11) is 1.82. The lowest BCUT2D eigenvalue weighted by molar-refractivity contribution is -0.140. The summed E-state index contributed by atoms with van der Waals surface area (Å²) < 4.78 is 6.59. The second kappa shape index (κ2) is 7.54. The number of amides is 1. The number of carbonyl (C=O) groups excluding carboxylic acids is 1. The Morgan fingerprint density at radius 3 is 2.85 bits per heavy atom. The zero-order valence-corrected chi connectivity index (χ0v) is 7.67. The highest BCUT2D eigenvalue weighted by Gasteiger charge is 2.14. The minimum Gasteiger partial charge on any atom is -0.480 e. The van der Waals surface area contributed by atoms with E-state index in [0.717, 1.165) is 13.0 Å². The fraction of sp³-hybridized carbons (Fsp3) is 0.750. The van der Waals surface area contributed by atoms with E-state index in [4.69, 9.17) is 6.48 Å². The Morgan fingerprint density at radius 2 is 2.38 bits per heavy atom. The van der Waals surface area contributed by atoms with Gasteiger partial charge in [0, 0.05) is 0 Å². The van der Waals surface area contributed by atoms with Crippen molar-refractivity contribution in [2.24, 2.45) is 0 Å². The Labute approximate surface area is 78.9 Å². The molecule has 0 saturated carbocycles. The number of rotatable bonds is 7. The molecule has 5 nitrogen and oxygen atoms in total. The first-order chi connectivity index (χ1) is 6.57. The van der Waals surface area contributed by atoms with Gasteiger partial charge in [-0.1, -0.05) is 0 Å². The van der Waals surface area contributed by atoms with Gasteiger partial charge in [-0.3, -0.25) is 4.79 Å². The van der Waals surface area contributed by atoms with Gasteiger partial charge in [-0.05, 0) is 32.9 Å². The molecule has 76 valence electrons. The third-order valence-corrected chi connectivity index (χ3v) is 1.70. The predicted molar refractivity (Wildman–Crippen MR) is 48.4 cm³/mol. The Hall–Kier alpha value is -1.10. The van der Waals surface area contributed by atoms with Gasteiger partial charge in [0.1, 0.15) is 7.41 Å². The third kappa shape index (κ3) is 6.10. The summed E-state index contributed by atoms with van der Waals surface area (Å²) in [6.07, 6.45) is 0.874. The third-order valence-electron chi connectivity index (χ3n) is 1.70. The summed E-state index contributed by atoms with van der Waals surface area (Å²) in [6.45, 7) is 0.821. The Balaban J connectivity index is 3.74. The van der Waals surface area contributed by atoms with E-state index in [2.05, 4.69) is 10.6 Å². The molecule has 0 fully saturated rings. The number of carboxylic acid groups (broad SMARTS) is 1. The second-order valence-corrected chi connectivity index (χ2v) is 2.74. The van der Waals surface area contributed by atoms with Gasteiger partial charge in [-0.2, -0.15) is 0 Å². The molecule has 1 amide bonds. The van der Waals surface area contributed by atoms with Crippen LogP contribution in [0.3, 0.4) is 0 Å². The van der Waals surface area contributed by atoms with Crippen molar-refractivity contribution in [2.75, 3.05) is 13.6 Å². The number of aliphatic carboxylic acids is 1. The zero-order chi connectivity index (χ0) is 11.0. The van der Waals surface area contributed by atoms with Gasteiger partial charge in [-0.25, -0.2) is 4.79 Å². The lowest BCUT2D eigenvalue weighted by atomic mass is 10.1. The number of carboxylic acids is 1. The van der Waals surface area contributed by atoms with E-state index < -0.39 is 18.4 Å². The minimum absolute atomic E-state index is 0.363. The smallest absolute Gasteiger partial charge is 0.326 e. The first-order valence-corrected chi connectivity index (χ1v) is 4.22. The van der Waals surface area contributed by atoms with Crippen LogP contribution in [0.15, 0.2) is 0 Å². The first kappa shape index (κ1) is 9.98. The van der Waals surface area contributed by atoms with E-state index in [1.807, 2.05) is 7.05 Å². The van der Waals surface area contributed by atoms with Crippen LogP contribution in [-0.2, 0) is 9.59 Å². The molecule has 0 aromatic rings. The van der Waals surface area contributed by atoms with Crippen molar-refractivity contribution in [3.63, 3.8) is 0 Å². The molecule has 0 rings (SSSR count). The lowest BCUT2D eigenvalue weighted by Crippen LogP contribution is -2.35. The number of hydrogen-bond donors (Lipinski definition) is 3. The maximum absolute atomic E-state index is 10.6. The van der Waals surface area contributed by atoms with Gasteiger partial charge in [0.15, 0.2) is 0 Å². The molecule has 0 aromatic carbocycles. The molecule has 0 aromatic heterocycles. The van der Waals surface area contributed by atoms with Crippen molar-refractivity contribution < 1.29 is 16.1 Å². The van der Waals surface area contributed by atoms with Crippen LogP contribution in [0.4, 0.5) is 0 Å². The maximum Gasteiger partial charge on any atom is 0.326 e. The highest BCUT2D eigenvalue weighted by Crippen LogP contribution is 1.99. The number of carbonyl (C=O) groups is 2. The van der Waals surface area contributed by atoms with E-state index in [1.54, 1.807) is 0 Å². The van der Waals surface area contributed by atoms with Gasteiger partial charge in [0.05, 0.1) is 0 Å². The van der Waals surface area contributed by atoms with Crippen molar-refractivity contribution in [1.82, 2.24) is 10.6 Å². The number of hydrogen-bond acceptors (Lipinski definition) is 3. The summed E-state index contributed by atoms with van der Waals surface area (Å²) in [5, 5.41) is 13.7. The molecule has 1 unspecified atom stereocenters. The summed E-state index contributed by atoms with van der Waals surface area (Å²) in [5.74, 6) is -1.09. The fourth-order valence-corrected chi connectivity index (χ4v) is 0.979. The topological polar surface area (TPSA) is 78.4 Å². The minimum atomic E-state index is -1.09. The molecular formula is C8H16N2O3. The highest BCUT2D eigenvalue weighted by molar-refractivity contribution is 5.76. The Morgan fingerprint density at radius 1 is 1.69 bits per heavy atom. The largest absolute Gasteiger partial charge is 0.480 e. The summed E-state index contributed by atoms with van der Waals surface area (Å²) in [6, 6.07) is -0.933. The molecule has 0 heterocycles. The molecule has 13 heavy (non-hydrogen) atoms. The van der Waals surface area contributed by atoms with Crippen LogP contribution < -0.4 is 10.6 Å². The molecule has 0 bridgehead atoms. The SMILES string of the molecule is [3H]C(=O)NC(CCCCNC)C(=O)O. The lowest BCUT2D eigenvalue weighted by Gasteiger charge is -2.10. The zero-order valence-electron chi connectivity index (χ0n) is 8.67. The standard InChI is InChI=1S/C8H16N2O3/c1-9-5-3-2-4-7(8(12)13)10-6-11/h6-7,9H,2-5H2,1H3,(H,10,11)(H,12,13)/i6T. The normalized spacial score (nSPS) is 13.2. The van der Waals surface area contributed by atoms with Gasteiger partial charge in [0.25, 0.3) is 0 Å². The summed E-state index contributed by atoms with van der Waals surface area (Å²) >= 11 is 0. The fourth-order valence-electron chi connectivity index (χ4n) is 0.979.